The van der Waals surface area contributed by atoms with Crippen LogP contribution in [0.4, 0.5) is 20.4 Å². The lowest BCUT2D eigenvalue weighted by atomic mass is 10.4. The summed E-state index contributed by atoms with van der Waals surface area (Å²) in [5, 5.41) is 29.0. The highest BCUT2D eigenvalue weighted by molar-refractivity contribution is 5.38. The van der Waals surface area contributed by atoms with Gasteiger partial charge in [-0.1, -0.05) is 0 Å². The van der Waals surface area contributed by atoms with E-state index >= 15 is 0 Å². The molecule has 1 N–H and O–H groups in total. The maximum absolute atomic E-state index is 11.7. The van der Waals surface area contributed by atoms with Crippen LogP contribution in [0.2, 0.25) is 0 Å². The predicted molar refractivity (Wildman–Crippen MR) is 70.1 cm³/mol. The second-order valence-corrected chi connectivity index (χ2v) is 3.56. The summed E-state index contributed by atoms with van der Waals surface area (Å²) in [7, 11) is 0. The fourth-order valence-electron chi connectivity index (χ4n) is 1.24. The van der Waals surface area contributed by atoms with E-state index < -0.39 is 39.6 Å². The molecule has 0 unspecified atom stereocenters. The fourth-order valence-corrected chi connectivity index (χ4v) is 1.24. The van der Waals surface area contributed by atoms with Gasteiger partial charge in [-0.25, -0.2) is 0 Å². The number of ether oxygens (including phenoxy) is 1. The molecule has 2 rings (SSSR count). The molecule has 10 nitrogen and oxygen atoms in total. The van der Waals surface area contributed by atoms with Gasteiger partial charge < -0.3 is 30.1 Å². The number of alkyl halides is 2. The molecule has 0 radical (unpaired) electrons. The Balaban J connectivity index is 0.000000238. The molecule has 0 saturated carbocycles. The van der Waals surface area contributed by atoms with Crippen LogP contribution in [0.5, 0.6) is 11.5 Å². The minimum absolute atomic E-state index is 0.410. The molecule has 0 spiro atoms. The second kappa shape index (κ2) is 8.11. The molecule has 122 valence electrons. The Kier molecular flexibility index (Phi) is 6.21. The highest BCUT2D eigenvalue weighted by Gasteiger charge is 2.18. The molecule has 2 aromatic heterocycles. The molecule has 2 heterocycles. The van der Waals surface area contributed by atoms with Crippen molar-refractivity contribution in [3.05, 3.63) is 56.9 Å². The van der Waals surface area contributed by atoms with E-state index in [0.717, 1.165) is 12.3 Å². The molecule has 0 fully saturated rings. The summed E-state index contributed by atoms with van der Waals surface area (Å²) >= 11 is 0. The smallest absolute Gasteiger partial charge is 0.406 e. The Hall–Kier alpha value is -3.44. The Bertz CT molecular complexity index is 700. The van der Waals surface area contributed by atoms with Crippen LogP contribution in [-0.2, 0) is 0 Å². The van der Waals surface area contributed by atoms with Crippen LogP contribution < -0.4 is 4.74 Å². The van der Waals surface area contributed by atoms with Crippen molar-refractivity contribution in [1.82, 2.24) is 9.97 Å². The van der Waals surface area contributed by atoms with Crippen molar-refractivity contribution < 1.29 is 28.5 Å². The normalized spacial score (nSPS) is 9.70. The van der Waals surface area contributed by atoms with Crippen molar-refractivity contribution >= 4 is 11.6 Å². The Labute approximate surface area is 126 Å². The van der Waals surface area contributed by atoms with Gasteiger partial charge in [-0.3, -0.25) is 0 Å². The summed E-state index contributed by atoms with van der Waals surface area (Å²) in [5.74, 6) is -2.18. The summed E-state index contributed by atoms with van der Waals surface area (Å²) in [6, 6.07) is 4.95. The zero-order valence-corrected chi connectivity index (χ0v) is 11.1. The van der Waals surface area contributed by atoms with Gasteiger partial charge in [0.2, 0.25) is 11.5 Å². The van der Waals surface area contributed by atoms with Gasteiger partial charge in [0.25, 0.3) is 0 Å². The molecule has 0 aliphatic carbocycles. The number of pyridine rings is 2. The summed E-state index contributed by atoms with van der Waals surface area (Å²) < 4.78 is 27.3. The minimum atomic E-state index is -3.09. The number of nitrogens with zero attached hydrogens (tertiary/aromatic N) is 4. The molecule has 0 saturated heterocycles. The lowest BCUT2D eigenvalue weighted by Crippen LogP contribution is -2.05. The van der Waals surface area contributed by atoms with Crippen LogP contribution in [0.3, 0.4) is 0 Å². The van der Waals surface area contributed by atoms with Gasteiger partial charge >= 0.3 is 18.2 Å². The number of aromatic nitrogens is 2. The van der Waals surface area contributed by atoms with Crippen LogP contribution in [0.25, 0.3) is 0 Å². The van der Waals surface area contributed by atoms with Crippen molar-refractivity contribution in [2.45, 2.75) is 6.61 Å². The van der Waals surface area contributed by atoms with E-state index in [9.17, 15) is 29.0 Å². The van der Waals surface area contributed by atoms with Crippen LogP contribution in [-0.4, -0.2) is 31.5 Å². The van der Waals surface area contributed by atoms with E-state index in [1.807, 2.05) is 0 Å². The first kappa shape index (κ1) is 17.6. The Morgan fingerprint density at radius 2 is 1.57 bits per heavy atom. The highest BCUT2D eigenvalue weighted by Crippen LogP contribution is 2.24. The molecule has 2 aromatic rings. The van der Waals surface area contributed by atoms with Crippen molar-refractivity contribution in [2.24, 2.45) is 0 Å². The van der Waals surface area contributed by atoms with Gasteiger partial charge in [-0.05, 0) is 44.1 Å². The lowest BCUT2D eigenvalue weighted by molar-refractivity contribution is -0.391. The van der Waals surface area contributed by atoms with E-state index in [4.69, 9.17) is 5.11 Å². The van der Waals surface area contributed by atoms with E-state index in [1.165, 1.54) is 24.4 Å². The highest BCUT2D eigenvalue weighted by atomic mass is 19.3. The zero-order chi connectivity index (χ0) is 17.4. The molecular weight excluding hydrogens is 322 g/mol. The molecule has 0 amide bonds. The number of nitro groups is 2. The molecular formula is C11H8F2N4O6. The van der Waals surface area contributed by atoms with E-state index in [0.29, 0.717) is 0 Å². The second-order valence-electron chi connectivity index (χ2n) is 3.56. The van der Waals surface area contributed by atoms with E-state index in [1.54, 1.807) is 0 Å². The van der Waals surface area contributed by atoms with Crippen LogP contribution in [0.15, 0.2) is 36.7 Å². The third-order valence-corrected chi connectivity index (χ3v) is 2.08. The average Bonchev–Trinajstić information content (AvgIpc) is 2.47. The first-order valence-electron chi connectivity index (χ1n) is 5.65. The summed E-state index contributed by atoms with van der Waals surface area (Å²) in [6.07, 6.45) is 2.37. The van der Waals surface area contributed by atoms with Crippen molar-refractivity contribution in [1.29, 1.82) is 0 Å². The topological polar surface area (TPSA) is 142 Å². The quantitative estimate of drug-likeness (QED) is 0.664. The summed E-state index contributed by atoms with van der Waals surface area (Å²) in [4.78, 5) is 25.2. The molecule has 0 aliphatic heterocycles. The van der Waals surface area contributed by atoms with E-state index in [-0.39, 0.29) is 0 Å². The predicted octanol–water partition coefficient (Wildman–Crippen LogP) is 2.29. The zero-order valence-electron chi connectivity index (χ0n) is 11.1. The van der Waals surface area contributed by atoms with Crippen LogP contribution in [0.1, 0.15) is 0 Å². The SMILES string of the molecule is O=[N+]([O-])c1ncccc1O.O=[N+]([O-])c1ncccc1OC(F)F. The Morgan fingerprint density at radius 3 is 2.00 bits per heavy atom. The van der Waals surface area contributed by atoms with Gasteiger partial charge in [-0.2, -0.15) is 8.78 Å². The summed E-state index contributed by atoms with van der Waals surface area (Å²) in [6.45, 7) is -3.09. The maximum atomic E-state index is 11.7. The number of halogens is 2. The number of hydrogen-bond acceptors (Lipinski definition) is 8. The molecule has 23 heavy (non-hydrogen) atoms. The van der Waals surface area contributed by atoms with Crippen molar-refractivity contribution in [2.75, 3.05) is 0 Å². The first-order chi connectivity index (χ1) is 10.8. The number of aromatic hydroxyl groups is 1. The van der Waals surface area contributed by atoms with Gasteiger partial charge in [0.05, 0.1) is 0 Å². The third-order valence-electron chi connectivity index (χ3n) is 2.08. The largest absolute Gasteiger partial charge is 0.501 e. The molecule has 0 bridgehead atoms. The third kappa shape index (κ3) is 5.45. The first-order valence-corrected chi connectivity index (χ1v) is 5.65. The van der Waals surface area contributed by atoms with Gasteiger partial charge in [0.15, 0.2) is 0 Å². The standard InChI is InChI=1S/C6H4F2N2O3.C5H4N2O3/c7-6(8)13-4-2-1-3-9-5(4)10(11)12;8-4-2-1-3-6-5(4)7(9)10/h1-3,6H;1-3,8H. The summed E-state index contributed by atoms with van der Waals surface area (Å²) in [5.41, 5.74) is 0. The average molecular weight is 330 g/mol. The molecule has 12 heteroatoms. The monoisotopic (exact) mass is 330 g/mol. The number of hydrogen-bond donors (Lipinski definition) is 1. The van der Waals surface area contributed by atoms with Crippen molar-refractivity contribution in [3.63, 3.8) is 0 Å². The fraction of sp³-hybridized carbons (Fsp3) is 0.0909. The van der Waals surface area contributed by atoms with Gasteiger partial charge in [0.1, 0.15) is 12.4 Å². The van der Waals surface area contributed by atoms with Crippen molar-refractivity contribution in [3.8, 4) is 11.5 Å². The molecule has 0 aliphatic rings. The molecule has 0 aromatic carbocycles. The van der Waals surface area contributed by atoms with Gasteiger partial charge in [-0.15, -0.1) is 0 Å². The molecule has 0 atom stereocenters. The number of rotatable bonds is 4. The van der Waals surface area contributed by atoms with Crippen LogP contribution >= 0.6 is 0 Å². The van der Waals surface area contributed by atoms with Crippen LogP contribution in [0, 0.1) is 20.2 Å². The Morgan fingerprint density at radius 1 is 1.04 bits per heavy atom. The lowest BCUT2D eigenvalue weighted by Gasteiger charge is -2.02. The minimum Gasteiger partial charge on any atom is -0.501 e. The van der Waals surface area contributed by atoms with E-state index in [2.05, 4.69) is 14.7 Å². The maximum Gasteiger partial charge on any atom is 0.406 e. The van der Waals surface area contributed by atoms with Gasteiger partial charge in [0, 0.05) is 0 Å².